The minimum atomic E-state index is -1.37. The van der Waals surface area contributed by atoms with Crippen LogP contribution in [0.1, 0.15) is 6.92 Å². The lowest BCUT2D eigenvalue weighted by Gasteiger charge is -2.02. The summed E-state index contributed by atoms with van der Waals surface area (Å²) in [7, 11) is -1.37. The van der Waals surface area contributed by atoms with Gasteiger partial charge < -0.3 is 4.74 Å². The summed E-state index contributed by atoms with van der Waals surface area (Å²) >= 11 is 0. The minimum absolute atomic E-state index is 0.0808. The summed E-state index contributed by atoms with van der Waals surface area (Å²) in [5, 5.41) is 0. The highest BCUT2D eigenvalue weighted by molar-refractivity contribution is 6.83. The van der Waals surface area contributed by atoms with Crippen molar-refractivity contribution in [1.29, 1.82) is 0 Å². The molecule has 0 aromatic carbocycles. The third-order valence-electron chi connectivity index (χ3n) is 1.34. The van der Waals surface area contributed by atoms with Crippen LogP contribution >= 0.6 is 0 Å². The maximum atomic E-state index is 11.2. The molecule has 90 valence electrons. The molecule has 0 saturated heterocycles. The van der Waals surface area contributed by atoms with Crippen LogP contribution in [0.3, 0.4) is 0 Å². The van der Waals surface area contributed by atoms with Gasteiger partial charge >= 0.3 is 5.97 Å². The van der Waals surface area contributed by atoms with Gasteiger partial charge in [0.15, 0.2) is 6.61 Å². The first-order valence-electron chi connectivity index (χ1n) is 5.31. The molecule has 2 nitrogen and oxygen atoms in total. The highest BCUT2D eigenvalue weighted by Crippen LogP contribution is 1.95. The Morgan fingerprint density at radius 3 is 2.59 bits per heavy atom. The van der Waals surface area contributed by atoms with Crippen molar-refractivity contribution in [2.24, 2.45) is 0 Å². The number of esters is 1. The molecular weight excluding hydrogens is 228 g/mol. The predicted molar refractivity (Wildman–Crippen MR) is 73.8 cm³/mol. The molecule has 17 heavy (non-hydrogen) atoms. The van der Waals surface area contributed by atoms with Crippen molar-refractivity contribution in [2.75, 3.05) is 6.61 Å². The molecule has 0 saturated carbocycles. The molecule has 0 N–H and O–H groups in total. The van der Waals surface area contributed by atoms with Crippen molar-refractivity contribution < 1.29 is 9.53 Å². The number of carbonyl (C=O) groups is 1. The van der Waals surface area contributed by atoms with Gasteiger partial charge in [0.25, 0.3) is 0 Å². The van der Waals surface area contributed by atoms with Crippen molar-refractivity contribution in [2.45, 2.75) is 26.6 Å². The highest BCUT2D eigenvalue weighted by Gasteiger charge is 2.06. The Morgan fingerprint density at radius 2 is 2.06 bits per heavy atom. The number of allylic oxidation sites excluding steroid dienone is 2. The Labute approximate surface area is 105 Å². The number of hydrogen-bond donors (Lipinski definition) is 0. The molecule has 0 atom stereocenters. The summed E-state index contributed by atoms with van der Waals surface area (Å²) in [6, 6.07) is 0. The molecule has 0 spiro atoms. The maximum absolute atomic E-state index is 11.2. The molecule has 0 amide bonds. The van der Waals surface area contributed by atoms with Crippen LogP contribution < -0.4 is 0 Å². The van der Waals surface area contributed by atoms with E-state index in [9.17, 15) is 4.79 Å². The van der Waals surface area contributed by atoms with Gasteiger partial charge in [-0.25, -0.2) is 4.79 Å². The quantitative estimate of drug-likeness (QED) is 0.324. The Bertz CT molecular complexity index is 431. The summed E-state index contributed by atoms with van der Waals surface area (Å²) in [5.74, 6) is 7.81. The lowest BCUT2D eigenvalue weighted by Crippen LogP contribution is -2.16. The Balaban J connectivity index is 4.03. The van der Waals surface area contributed by atoms with Gasteiger partial charge in [-0.15, -0.1) is 5.54 Å². The first-order valence-corrected chi connectivity index (χ1v) is 8.81. The van der Waals surface area contributed by atoms with Crippen LogP contribution in [0, 0.1) is 23.3 Å². The van der Waals surface area contributed by atoms with E-state index in [1.165, 1.54) is 12.2 Å². The number of rotatable bonds is 2. The maximum Gasteiger partial charge on any atom is 0.332 e. The van der Waals surface area contributed by atoms with Gasteiger partial charge in [-0.05, 0) is 18.6 Å². The first-order chi connectivity index (χ1) is 7.81. The SMILES string of the molecule is C=C(C)C#CCOC(=O)/C=C\C#C[Si](C)(C)C. The van der Waals surface area contributed by atoms with E-state index in [0.29, 0.717) is 0 Å². The predicted octanol–water partition coefficient (Wildman–Crippen LogP) is 2.55. The normalized spacial score (nSPS) is 9.88. The molecule has 0 aromatic heterocycles. The van der Waals surface area contributed by atoms with Crippen LogP contribution in [0.5, 0.6) is 0 Å². The summed E-state index contributed by atoms with van der Waals surface area (Å²) in [5.41, 5.74) is 3.86. The molecule has 0 aliphatic heterocycles. The standard InChI is InChI=1S/C14H18O2Si/c1-13(2)9-8-11-16-14(15)10-6-7-12-17(3,4)5/h6,10H,1,11H2,2-5H3/b10-6-. The lowest BCUT2D eigenvalue weighted by atomic mass is 10.3. The smallest absolute Gasteiger partial charge is 0.332 e. The largest absolute Gasteiger partial charge is 0.449 e. The van der Waals surface area contributed by atoms with E-state index in [0.717, 1.165) is 5.57 Å². The molecule has 0 aromatic rings. The van der Waals surface area contributed by atoms with E-state index in [-0.39, 0.29) is 6.61 Å². The molecule has 0 unspecified atom stereocenters. The van der Waals surface area contributed by atoms with Gasteiger partial charge in [0.2, 0.25) is 0 Å². The van der Waals surface area contributed by atoms with Crippen molar-refractivity contribution in [3.8, 4) is 23.3 Å². The summed E-state index contributed by atoms with van der Waals surface area (Å²) < 4.78 is 4.83. The van der Waals surface area contributed by atoms with Gasteiger partial charge in [-0.1, -0.05) is 44.0 Å². The van der Waals surface area contributed by atoms with Crippen LogP contribution in [0.15, 0.2) is 24.3 Å². The second-order valence-electron chi connectivity index (χ2n) is 4.54. The molecular formula is C14H18O2Si. The lowest BCUT2D eigenvalue weighted by molar-refractivity contribution is -0.136. The zero-order chi connectivity index (χ0) is 13.3. The molecule has 0 aliphatic rings. The molecule has 0 bridgehead atoms. The number of carbonyl (C=O) groups excluding carboxylic acids is 1. The Hall–Kier alpha value is -1.71. The summed E-state index contributed by atoms with van der Waals surface area (Å²) in [6.45, 7) is 11.9. The topological polar surface area (TPSA) is 26.3 Å². The Kier molecular flexibility index (Phi) is 6.78. The van der Waals surface area contributed by atoms with E-state index >= 15 is 0 Å². The van der Waals surface area contributed by atoms with Gasteiger partial charge in [-0.2, -0.15) is 0 Å². The van der Waals surface area contributed by atoms with Gasteiger partial charge in [-0.3, -0.25) is 0 Å². The second kappa shape index (κ2) is 7.54. The zero-order valence-electron chi connectivity index (χ0n) is 10.9. The molecule has 0 rings (SSSR count). The summed E-state index contributed by atoms with van der Waals surface area (Å²) in [4.78, 5) is 11.2. The fraction of sp³-hybridized carbons (Fsp3) is 0.357. The van der Waals surface area contributed by atoms with Crippen molar-refractivity contribution >= 4 is 14.0 Å². The van der Waals surface area contributed by atoms with Crippen LogP contribution in [0.25, 0.3) is 0 Å². The fourth-order valence-electron chi connectivity index (χ4n) is 0.710. The first kappa shape index (κ1) is 15.3. The Morgan fingerprint density at radius 1 is 1.41 bits per heavy atom. The molecule has 0 heterocycles. The van der Waals surface area contributed by atoms with Crippen molar-refractivity contribution in [3.63, 3.8) is 0 Å². The third kappa shape index (κ3) is 12.2. The van der Waals surface area contributed by atoms with Crippen molar-refractivity contribution in [3.05, 3.63) is 24.3 Å². The van der Waals surface area contributed by atoms with E-state index in [1.54, 1.807) is 6.92 Å². The van der Waals surface area contributed by atoms with E-state index < -0.39 is 14.0 Å². The van der Waals surface area contributed by atoms with E-state index in [1.807, 2.05) is 0 Å². The second-order valence-corrected chi connectivity index (χ2v) is 9.29. The highest BCUT2D eigenvalue weighted by atomic mass is 28.3. The molecule has 3 heteroatoms. The van der Waals surface area contributed by atoms with Crippen LogP contribution in [0.4, 0.5) is 0 Å². The number of hydrogen-bond acceptors (Lipinski definition) is 2. The molecule has 0 aliphatic carbocycles. The molecule has 0 radical (unpaired) electrons. The van der Waals surface area contributed by atoms with Gasteiger partial charge in [0.1, 0.15) is 8.07 Å². The minimum Gasteiger partial charge on any atom is -0.449 e. The zero-order valence-corrected chi connectivity index (χ0v) is 11.9. The van der Waals surface area contributed by atoms with Crippen LogP contribution in [-0.2, 0) is 9.53 Å². The fourth-order valence-corrected chi connectivity index (χ4v) is 1.23. The van der Waals surface area contributed by atoms with Crippen LogP contribution in [0.2, 0.25) is 19.6 Å². The third-order valence-corrected chi connectivity index (χ3v) is 2.23. The average molecular weight is 246 g/mol. The van der Waals surface area contributed by atoms with E-state index in [4.69, 9.17) is 4.74 Å². The summed E-state index contributed by atoms with van der Waals surface area (Å²) in [6.07, 6.45) is 2.84. The van der Waals surface area contributed by atoms with E-state index in [2.05, 4.69) is 49.5 Å². The number of ether oxygens (including phenoxy) is 1. The van der Waals surface area contributed by atoms with Crippen LogP contribution in [-0.4, -0.2) is 20.7 Å². The van der Waals surface area contributed by atoms with Gasteiger partial charge in [0.05, 0.1) is 0 Å². The molecule has 0 fully saturated rings. The monoisotopic (exact) mass is 246 g/mol. The average Bonchev–Trinajstić information content (AvgIpc) is 2.18. The van der Waals surface area contributed by atoms with Crippen molar-refractivity contribution in [1.82, 2.24) is 0 Å². The van der Waals surface area contributed by atoms with Gasteiger partial charge in [0, 0.05) is 6.08 Å².